The fraction of sp³-hybridized carbons (Fsp3) is 0.400. The molecule has 84 valence electrons. The van der Waals surface area contributed by atoms with Gasteiger partial charge in [0.15, 0.2) is 0 Å². The van der Waals surface area contributed by atoms with Crippen LogP contribution < -0.4 is 4.74 Å². The summed E-state index contributed by atoms with van der Waals surface area (Å²) in [6.07, 6.45) is 0.0628. The Balaban J connectivity index is 2.83. The summed E-state index contributed by atoms with van der Waals surface area (Å²) in [5, 5.41) is 0. The van der Waals surface area contributed by atoms with E-state index in [1.807, 2.05) is 13.8 Å². The summed E-state index contributed by atoms with van der Waals surface area (Å²) < 4.78 is 27.1. The van der Waals surface area contributed by atoms with Crippen molar-refractivity contribution in [3.63, 3.8) is 0 Å². The molecule has 0 N–H and O–H groups in total. The van der Waals surface area contributed by atoms with E-state index in [0.29, 0.717) is 11.3 Å². The number of hydrogen-bond donors (Lipinski definition) is 0. The minimum absolute atomic E-state index is 0.0628. The molecule has 0 heterocycles. The van der Waals surface area contributed by atoms with Crippen molar-refractivity contribution in [1.29, 1.82) is 0 Å². The minimum Gasteiger partial charge on any atom is -0.491 e. The summed E-state index contributed by atoms with van der Waals surface area (Å²) in [6.45, 7) is 3.82. The van der Waals surface area contributed by atoms with Crippen LogP contribution in [0.5, 0.6) is 5.75 Å². The van der Waals surface area contributed by atoms with Crippen LogP contribution in [-0.4, -0.2) is 14.5 Å². The molecule has 1 aromatic rings. The smallest absolute Gasteiger partial charge is 0.236 e. The molecule has 3 nitrogen and oxygen atoms in total. The first kappa shape index (κ1) is 12.3. The molecular weight excluding hydrogens is 236 g/mol. The lowest BCUT2D eigenvalue weighted by Crippen LogP contribution is -2.05. The molecule has 0 amide bonds. The van der Waals surface area contributed by atoms with Crippen LogP contribution in [-0.2, 0) is 14.8 Å². The molecule has 0 atom stereocenters. The Bertz CT molecular complexity index is 426. The van der Waals surface area contributed by atoms with Gasteiger partial charge < -0.3 is 4.74 Å². The van der Waals surface area contributed by atoms with E-state index in [4.69, 9.17) is 15.4 Å². The molecular formula is C10H13ClO3S. The van der Waals surface area contributed by atoms with Crippen LogP contribution in [0.1, 0.15) is 19.4 Å². The molecule has 1 rings (SSSR count). The lowest BCUT2D eigenvalue weighted by atomic mass is 10.2. The SMILES string of the molecule is CC(C)Oc1cccc(CS(=O)(=O)Cl)c1. The quantitative estimate of drug-likeness (QED) is 0.769. The molecule has 0 saturated heterocycles. The van der Waals surface area contributed by atoms with Crippen LogP contribution in [0.15, 0.2) is 24.3 Å². The highest BCUT2D eigenvalue weighted by Crippen LogP contribution is 2.17. The van der Waals surface area contributed by atoms with Gasteiger partial charge in [-0.3, -0.25) is 0 Å². The highest BCUT2D eigenvalue weighted by molar-refractivity contribution is 8.13. The maximum atomic E-state index is 10.9. The van der Waals surface area contributed by atoms with E-state index in [0.717, 1.165) is 0 Å². The van der Waals surface area contributed by atoms with Crippen molar-refractivity contribution in [2.75, 3.05) is 0 Å². The third-order valence-corrected chi connectivity index (χ3v) is 2.61. The van der Waals surface area contributed by atoms with E-state index in [2.05, 4.69) is 0 Å². The van der Waals surface area contributed by atoms with Crippen molar-refractivity contribution >= 4 is 19.7 Å². The summed E-state index contributed by atoms with van der Waals surface area (Å²) >= 11 is 0. The molecule has 5 heteroatoms. The number of ether oxygens (including phenoxy) is 1. The normalized spacial score (nSPS) is 11.7. The number of hydrogen-bond acceptors (Lipinski definition) is 3. The lowest BCUT2D eigenvalue weighted by Gasteiger charge is -2.10. The van der Waals surface area contributed by atoms with Crippen molar-refractivity contribution in [2.24, 2.45) is 0 Å². The predicted octanol–water partition coefficient (Wildman–Crippen LogP) is 2.54. The molecule has 0 aliphatic rings. The monoisotopic (exact) mass is 248 g/mol. The van der Waals surface area contributed by atoms with Gasteiger partial charge in [0.1, 0.15) is 5.75 Å². The molecule has 0 spiro atoms. The van der Waals surface area contributed by atoms with E-state index >= 15 is 0 Å². The Morgan fingerprint density at radius 2 is 2.07 bits per heavy atom. The average Bonchev–Trinajstić information content (AvgIpc) is 1.99. The second-order valence-electron chi connectivity index (χ2n) is 3.50. The van der Waals surface area contributed by atoms with E-state index in [1.165, 1.54) is 0 Å². The minimum atomic E-state index is -3.51. The number of rotatable bonds is 4. The maximum absolute atomic E-state index is 10.9. The van der Waals surface area contributed by atoms with Gasteiger partial charge in [-0.1, -0.05) is 12.1 Å². The summed E-state index contributed by atoms with van der Waals surface area (Å²) in [6, 6.07) is 6.91. The molecule has 0 aliphatic heterocycles. The van der Waals surface area contributed by atoms with Crippen LogP contribution in [0.4, 0.5) is 0 Å². The van der Waals surface area contributed by atoms with Gasteiger partial charge in [0, 0.05) is 10.7 Å². The number of benzene rings is 1. The molecule has 0 saturated carbocycles. The third-order valence-electron chi connectivity index (χ3n) is 1.61. The average molecular weight is 249 g/mol. The van der Waals surface area contributed by atoms with Crippen molar-refractivity contribution in [3.05, 3.63) is 29.8 Å². The van der Waals surface area contributed by atoms with E-state index in [1.54, 1.807) is 24.3 Å². The van der Waals surface area contributed by atoms with Gasteiger partial charge in [-0.15, -0.1) is 0 Å². The zero-order valence-electron chi connectivity index (χ0n) is 8.60. The zero-order valence-corrected chi connectivity index (χ0v) is 10.2. The van der Waals surface area contributed by atoms with Crippen molar-refractivity contribution in [1.82, 2.24) is 0 Å². The fourth-order valence-corrected chi connectivity index (χ4v) is 2.14. The fourth-order valence-electron chi connectivity index (χ4n) is 1.18. The summed E-state index contributed by atoms with van der Waals surface area (Å²) in [5.41, 5.74) is 0.628. The highest BCUT2D eigenvalue weighted by Gasteiger charge is 2.08. The Morgan fingerprint density at radius 3 is 2.60 bits per heavy atom. The summed E-state index contributed by atoms with van der Waals surface area (Å²) in [7, 11) is 1.65. The van der Waals surface area contributed by atoms with Gasteiger partial charge in [-0.25, -0.2) is 8.42 Å². The first-order valence-electron chi connectivity index (χ1n) is 4.55. The van der Waals surface area contributed by atoms with Gasteiger partial charge in [-0.05, 0) is 31.5 Å². The molecule has 0 fully saturated rings. The predicted molar refractivity (Wildman–Crippen MR) is 60.7 cm³/mol. The molecule has 1 aromatic carbocycles. The molecule has 15 heavy (non-hydrogen) atoms. The van der Waals surface area contributed by atoms with Gasteiger partial charge in [0.2, 0.25) is 9.05 Å². The number of halogens is 1. The maximum Gasteiger partial charge on any atom is 0.236 e. The van der Waals surface area contributed by atoms with Crippen molar-refractivity contribution < 1.29 is 13.2 Å². The molecule has 0 aromatic heterocycles. The highest BCUT2D eigenvalue weighted by atomic mass is 35.7. The summed E-state index contributed by atoms with van der Waals surface area (Å²) in [5.74, 6) is 0.479. The largest absolute Gasteiger partial charge is 0.491 e. The van der Waals surface area contributed by atoms with E-state index in [-0.39, 0.29) is 11.9 Å². The molecule has 0 aliphatic carbocycles. The molecule has 0 radical (unpaired) electrons. The van der Waals surface area contributed by atoms with Gasteiger partial charge in [0.25, 0.3) is 0 Å². The van der Waals surface area contributed by atoms with Gasteiger partial charge in [-0.2, -0.15) is 0 Å². The topological polar surface area (TPSA) is 43.4 Å². The Morgan fingerprint density at radius 1 is 1.40 bits per heavy atom. The van der Waals surface area contributed by atoms with E-state index < -0.39 is 9.05 Å². The van der Waals surface area contributed by atoms with Gasteiger partial charge in [0.05, 0.1) is 11.9 Å². The van der Waals surface area contributed by atoms with E-state index in [9.17, 15) is 8.42 Å². The van der Waals surface area contributed by atoms with Crippen LogP contribution in [0.25, 0.3) is 0 Å². The zero-order chi connectivity index (χ0) is 11.5. The third kappa shape index (κ3) is 5.04. The Labute approximate surface area is 94.4 Å². The second kappa shape index (κ2) is 4.86. The van der Waals surface area contributed by atoms with Crippen molar-refractivity contribution in [2.45, 2.75) is 25.7 Å². The first-order valence-corrected chi connectivity index (χ1v) is 7.02. The lowest BCUT2D eigenvalue weighted by molar-refractivity contribution is 0.242. The second-order valence-corrected chi connectivity index (χ2v) is 6.27. The van der Waals surface area contributed by atoms with Crippen LogP contribution in [0.3, 0.4) is 0 Å². The standard InChI is InChI=1S/C10H13ClO3S/c1-8(2)14-10-5-3-4-9(6-10)7-15(11,12)13/h3-6,8H,7H2,1-2H3. The molecule has 0 unspecified atom stereocenters. The molecule has 0 bridgehead atoms. The Hall–Kier alpha value is -0.740. The van der Waals surface area contributed by atoms with Crippen molar-refractivity contribution in [3.8, 4) is 5.75 Å². The van der Waals surface area contributed by atoms with Gasteiger partial charge >= 0.3 is 0 Å². The Kier molecular flexibility index (Phi) is 3.99. The van der Waals surface area contributed by atoms with Crippen LogP contribution >= 0.6 is 10.7 Å². The van der Waals surface area contributed by atoms with Crippen LogP contribution in [0.2, 0.25) is 0 Å². The van der Waals surface area contributed by atoms with Crippen LogP contribution in [0, 0.1) is 0 Å². The summed E-state index contributed by atoms with van der Waals surface area (Å²) in [4.78, 5) is 0. The first-order chi connectivity index (χ1) is 6.87.